The molecule has 8 nitrogen and oxygen atoms in total. The van der Waals surface area contributed by atoms with Crippen LogP contribution in [0, 0.1) is 0 Å². The number of hydrogen-bond donors (Lipinski definition) is 2. The van der Waals surface area contributed by atoms with Crippen molar-refractivity contribution in [3.8, 4) is 23.0 Å². The number of hydrogen-bond acceptors (Lipinski definition) is 6. The Bertz CT molecular complexity index is 1120. The third-order valence-electron chi connectivity index (χ3n) is 4.58. The molecule has 1 fully saturated rings. The normalized spacial score (nSPS) is 19.6. The van der Waals surface area contributed by atoms with Gasteiger partial charge in [-0.25, -0.2) is 13.1 Å². The number of carbonyl (C=O) groups excluding carboxylic acids is 1. The van der Waals surface area contributed by atoms with Gasteiger partial charge in [0.1, 0.15) is 30.8 Å². The molecule has 166 valence electrons. The Labute approximate surface area is 175 Å². The number of amides is 1. The maximum atomic E-state index is 13.0. The van der Waals surface area contributed by atoms with E-state index in [0.29, 0.717) is 0 Å². The Kier molecular flexibility index (Phi) is 5.43. The van der Waals surface area contributed by atoms with E-state index in [4.69, 9.17) is 14.2 Å². The summed E-state index contributed by atoms with van der Waals surface area (Å²) in [5.74, 6) is -0.275. The number of ether oxygens (including phenoxy) is 3. The molecule has 1 atom stereocenters. The summed E-state index contributed by atoms with van der Waals surface area (Å²) >= 11 is 0. The van der Waals surface area contributed by atoms with Gasteiger partial charge in [0.05, 0.1) is 17.0 Å². The molecule has 31 heavy (non-hydrogen) atoms. The fourth-order valence-electron chi connectivity index (χ4n) is 3.16. The summed E-state index contributed by atoms with van der Waals surface area (Å²) in [5, 5.41) is 2.58. The van der Waals surface area contributed by atoms with E-state index in [0.717, 1.165) is 12.1 Å². The van der Waals surface area contributed by atoms with E-state index in [1.165, 1.54) is 24.3 Å². The molecule has 0 saturated carbocycles. The van der Waals surface area contributed by atoms with Gasteiger partial charge in [0, 0.05) is 12.1 Å². The van der Waals surface area contributed by atoms with E-state index in [9.17, 15) is 26.4 Å². The average molecular weight is 458 g/mol. The lowest BCUT2D eigenvalue weighted by molar-refractivity contribution is -0.137. The third kappa shape index (κ3) is 4.85. The van der Waals surface area contributed by atoms with Crippen LogP contribution in [0.25, 0.3) is 0 Å². The average Bonchev–Trinajstić information content (AvgIpc) is 3.07. The largest absolute Gasteiger partial charge is 0.486 e. The predicted molar refractivity (Wildman–Crippen MR) is 103 cm³/mol. The number of alkyl halides is 3. The summed E-state index contributed by atoms with van der Waals surface area (Å²) in [6.07, 6.45) is -4.42. The molecule has 1 unspecified atom stereocenters. The summed E-state index contributed by atoms with van der Waals surface area (Å²) in [6.45, 7) is 0.454. The molecule has 2 aliphatic heterocycles. The van der Waals surface area contributed by atoms with E-state index >= 15 is 0 Å². The van der Waals surface area contributed by atoms with Crippen molar-refractivity contribution < 1.29 is 40.6 Å². The van der Waals surface area contributed by atoms with Crippen molar-refractivity contribution in [3.63, 3.8) is 0 Å². The van der Waals surface area contributed by atoms with Crippen LogP contribution < -0.4 is 24.2 Å². The van der Waals surface area contributed by atoms with E-state index in [1.54, 1.807) is 0 Å². The molecule has 4 rings (SSSR count). The van der Waals surface area contributed by atoms with Crippen LogP contribution in [-0.2, 0) is 21.0 Å². The first kappa shape index (κ1) is 21.2. The molecular weight excluding hydrogens is 441 g/mol. The number of rotatable bonds is 4. The molecule has 2 heterocycles. The maximum Gasteiger partial charge on any atom is 0.416 e. The Morgan fingerprint density at radius 1 is 1.13 bits per heavy atom. The quantitative estimate of drug-likeness (QED) is 0.731. The van der Waals surface area contributed by atoms with Crippen molar-refractivity contribution in [2.24, 2.45) is 0 Å². The van der Waals surface area contributed by atoms with E-state index in [2.05, 4.69) is 10.0 Å². The highest BCUT2D eigenvalue weighted by atomic mass is 32.2. The Morgan fingerprint density at radius 2 is 1.90 bits per heavy atom. The zero-order chi connectivity index (χ0) is 22.2. The highest BCUT2D eigenvalue weighted by Gasteiger charge is 2.33. The second-order valence-corrected chi connectivity index (χ2v) is 8.76. The molecule has 0 radical (unpaired) electrons. The van der Waals surface area contributed by atoms with Gasteiger partial charge >= 0.3 is 6.18 Å². The van der Waals surface area contributed by atoms with Crippen LogP contribution in [0.3, 0.4) is 0 Å². The van der Waals surface area contributed by atoms with Crippen LogP contribution in [0.2, 0.25) is 0 Å². The summed E-state index contributed by atoms with van der Waals surface area (Å²) in [6, 6.07) is 6.20. The predicted octanol–water partition coefficient (Wildman–Crippen LogP) is 2.90. The molecule has 2 N–H and O–H groups in total. The first-order valence-electron chi connectivity index (χ1n) is 9.20. The minimum absolute atomic E-state index is 0.0627. The zero-order valence-electron chi connectivity index (χ0n) is 15.9. The van der Waals surface area contributed by atoms with Gasteiger partial charge in [-0.1, -0.05) is 6.07 Å². The SMILES string of the molecule is O=C(Nc1cc(Oc2cccc(C(F)(F)F)c2)cc2c1OCCO2)C1CCS(=O)(=O)N1. The summed E-state index contributed by atoms with van der Waals surface area (Å²) in [4.78, 5) is 12.5. The topological polar surface area (TPSA) is 103 Å². The number of nitrogens with one attached hydrogen (secondary N) is 2. The summed E-state index contributed by atoms with van der Waals surface area (Å²) < 4.78 is 80.8. The Morgan fingerprint density at radius 3 is 2.61 bits per heavy atom. The molecule has 1 amide bonds. The number of sulfonamides is 1. The maximum absolute atomic E-state index is 13.0. The molecular formula is C19H17F3N2O6S. The van der Waals surface area contributed by atoms with Gasteiger partial charge in [-0.2, -0.15) is 13.2 Å². The molecule has 2 aromatic rings. The molecule has 12 heteroatoms. The summed E-state index contributed by atoms with van der Waals surface area (Å²) in [7, 11) is -3.50. The third-order valence-corrected chi connectivity index (χ3v) is 6.00. The highest BCUT2D eigenvalue weighted by Crippen LogP contribution is 2.43. The lowest BCUT2D eigenvalue weighted by Crippen LogP contribution is -2.37. The van der Waals surface area contributed by atoms with Crippen LogP contribution >= 0.6 is 0 Å². The highest BCUT2D eigenvalue weighted by molar-refractivity contribution is 7.89. The van der Waals surface area contributed by atoms with Crippen molar-refractivity contribution in [1.29, 1.82) is 0 Å². The number of anilines is 1. The van der Waals surface area contributed by atoms with Gasteiger partial charge in [-0.15, -0.1) is 0 Å². The fourth-order valence-corrected chi connectivity index (χ4v) is 4.49. The van der Waals surface area contributed by atoms with E-state index < -0.39 is 33.7 Å². The number of fused-ring (bicyclic) bond motifs is 1. The molecule has 2 aliphatic rings. The first-order chi connectivity index (χ1) is 14.6. The summed E-state index contributed by atoms with van der Waals surface area (Å²) in [5.41, 5.74) is -0.722. The molecule has 0 spiro atoms. The minimum atomic E-state index is -4.53. The minimum Gasteiger partial charge on any atom is -0.486 e. The molecule has 0 aromatic heterocycles. The smallest absolute Gasteiger partial charge is 0.416 e. The monoisotopic (exact) mass is 458 g/mol. The van der Waals surface area contributed by atoms with Gasteiger partial charge < -0.3 is 19.5 Å². The van der Waals surface area contributed by atoms with Gasteiger partial charge in [0.25, 0.3) is 0 Å². The van der Waals surface area contributed by atoms with Crippen molar-refractivity contribution in [2.45, 2.75) is 18.6 Å². The van der Waals surface area contributed by atoms with Gasteiger partial charge in [-0.3, -0.25) is 4.79 Å². The molecule has 2 aromatic carbocycles. The van der Waals surface area contributed by atoms with Crippen molar-refractivity contribution in [1.82, 2.24) is 4.72 Å². The molecule has 1 saturated heterocycles. The lowest BCUT2D eigenvalue weighted by Gasteiger charge is -2.23. The van der Waals surface area contributed by atoms with Crippen LogP contribution in [0.4, 0.5) is 18.9 Å². The van der Waals surface area contributed by atoms with E-state index in [-0.39, 0.29) is 54.1 Å². The number of halogens is 3. The molecule has 0 bridgehead atoms. The van der Waals surface area contributed by atoms with Gasteiger partial charge in [0.15, 0.2) is 11.5 Å². The Balaban J connectivity index is 1.61. The Hall–Kier alpha value is -2.99. The number of benzene rings is 2. The molecule has 0 aliphatic carbocycles. The van der Waals surface area contributed by atoms with E-state index in [1.807, 2.05) is 0 Å². The van der Waals surface area contributed by atoms with Crippen LogP contribution in [-0.4, -0.2) is 39.3 Å². The fraction of sp³-hybridized carbons (Fsp3) is 0.316. The van der Waals surface area contributed by atoms with Crippen molar-refractivity contribution in [3.05, 3.63) is 42.0 Å². The second kappa shape index (κ2) is 7.93. The number of carbonyl (C=O) groups is 1. The van der Waals surface area contributed by atoms with Crippen LogP contribution in [0.15, 0.2) is 36.4 Å². The van der Waals surface area contributed by atoms with Crippen LogP contribution in [0.1, 0.15) is 12.0 Å². The zero-order valence-corrected chi connectivity index (χ0v) is 16.7. The van der Waals surface area contributed by atoms with Crippen LogP contribution in [0.5, 0.6) is 23.0 Å². The van der Waals surface area contributed by atoms with Crippen molar-refractivity contribution >= 4 is 21.6 Å². The first-order valence-corrected chi connectivity index (χ1v) is 10.9. The lowest BCUT2D eigenvalue weighted by atomic mass is 10.2. The second-order valence-electron chi connectivity index (χ2n) is 6.89. The van der Waals surface area contributed by atoms with Gasteiger partial charge in [-0.05, 0) is 24.6 Å². The van der Waals surface area contributed by atoms with Gasteiger partial charge in [0.2, 0.25) is 15.9 Å². The standard InChI is InChI=1S/C19H17F3N2O6S/c20-19(21,22)11-2-1-3-12(8-11)30-13-9-15(17-16(10-13)28-5-6-29-17)23-18(25)14-4-7-31(26,27)24-14/h1-3,8-10,14,24H,4-7H2,(H,23,25). The van der Waals surface area contributed by atoms with Crippen molar-refractivity contribution in [2.75, 3.05) is 24.3 Å².